The number of anilines is 1. The molecule has 6 heteroatoms. The molecular formula is C21H26ClN2O3+. The molecule has 3 rings (SSSR count). The van der Waals surface area contributed by atoms with Crippen molar-refractivity contribution < 1.29 is 19.2 Å². The minimum absolute atomic E-state index is 0.00388. The first-order chi connectivity index (χ1) is 13.0. The molecule has 0 aromatic heterocycles. The van der Waals surface area contributed by atoms with Crippen molar-refractivity contribution in [1.82, 2.24) is 0 Å². The fourth-order valence-corrected chi connectivity index (χ4v) is 4.00. The van der Waals surface area contributed by atoms with E-state index in [1.807, 2.05) is 37.3 Å². The zero-order valence-electron chi connectivity index (χ0n) is 16.0. The van der Waals surface area contributed by atoms with Crippen molar-refractivity contribution in [2.75, 3.05) is 32.6 Å². The van der Waals surface area contributed by atoms with E-state index >= 15 is 0 Å². The molecule has 0 bridgehead atoms. The molecule has 0 saturated carbocycles. The van der Waals surface area contributed by atoms with Crippen LogP contribution in [0.3, 0.4) is 0 Å². The van der Waals surface area contributed by atoms with E-state index in [0.29, 0.717) is 11.6 Å². The van der Waals surface area contributed by atoms with Gasteiger partial charge >= 0.3 is 0 Å². The van der Waals surface area contributed by atoms with Gasteiger partial charge in [-0.3, -0.25) is 4.79 Å². The van der Waals surface area contributed by atoms with E-state index in [9.17, 15) is 4.79 Å². The first kappa shape index (κ1) is 19.5. The van der Waals surface area contributed by atoms with Crippen LogP contribution in [0, 0.1) is 6.92 Å². The van der Waals surface area contributed by atoms with Crippen molar-refractivity contribution in [3.05, 3.63) is 52.5 Å². The Morgan fingerprint density at radius 1 is 1.22 bits per heavy atom. The monoisotopic (exact) mass is 389 g/mol. The van der Waals surface area contributed by atoms with Gasteiger partial charge in [-0.15, -0.1) is 0 Å². The normalized spacial score (nSPS) is 19.0. The van der Waals surface area contributed by atoms with Crippen LogP contribution < -0.4 is 19.7 Å². The number of carbonyl (C=O) groups is 1. The fraction of sp³-hybridized carbons (Fsp3) is 0.381. The van der Waals surface area contributed by atoms with Crippen LogP contribution in [-0.2, 0) is 4.79 Å². The predicted molar refractivity (Wildman–Crippen MR) is 107 cm³/mol. The summed E-state index contributed by atoms with van der Waals surface area (Å²) < 4.78 is 10.9. The number of nitrogens with one attached hydrogen (secondary N) is 2. The summed E-state index contributed by atoms with van der Waals surface area (Å²) in [4.78, 5) is 13.9. The molecule has 5 nitrogen and oxygen atoms in total. The second-order valence-electron chi connectivity index (χ2n) is 6.90. The van der Waals surface area contributed by atoms with E-state index in [1.165, 1.54) is 4.90 Å². The van der Waals surface area contributed by atoms with E-state index in [0.717, 1.165) is 47.7 Å². The minimum Gasteiger partial charge on any atom is -0.497 e. The highest BCUT2D eigenvalue weighted by Gasteiger charge is 2.34. The Labute approximate surface area is 165 Å². The lowest BCUT2D eigenvalue weighted by Crippen LogP contribution is -3.11. The summed E-state index contributed by atoms with van der Waals surface area (Å²) in [5.41, 5.74) is 2.86. The Kier molecular flexibility index (Phi) is 6.24. The van der Waals surface area contributed by atoms with Gasteiger partial charge in [0.25, 0.3) is 5.91 Å². The van der Waals surface area contributed by atoms with Gasteiger partial charge in [0, 0.05) is 23.6 Å². The number of carbonyl (C=O) groups excluding carboxylic acids is 1. The number of aryl methyl sites for hydroxylation is 1. The van der Waals surface area contributed by atoms with Gasteiger partial charge in [-0.1, -0.05) is 11.6 Å². The fourth-order valence-electron chi connectivity index (χ4n) is 3.78. The first-order valence-corrected chi connectivity index (χ1v) is 9.52. The Morgan fingerprint density at radius 3 is 2.74 bits per heavy atom. The summed E-state index contributed by atoms with van der Waals surface area (Å²) in [5.74, 6) is 1.65. The molecule has 144 valence electrons. The van der Waals surface area contributed by atoms with Gasteiger partial charge in [-0.25, -0.2) is 0 Å². The van der Waals surface area contributed by atoms with Crippen LogP contribution in [0.2, 0.25) is 5.02 Å². The molecule has 1 aliphatic rings. The first-order valence-electron chi connectivity index (χ1n) is 9.14. The maximum atomic E-state index is 12.6. The van der Waals surface area contributed by atoms with Gasteiger partial charge in [0.05, 0.1) is 26.3 Å². The molecule has 1 saturated heterocycles. The van der Waals surface area contributed by atoms with Crippen molar-refractivity contribution in [2.45, 2.75) is 25.8 Å². The van der Waals surface area contributed by atoms with E-state index in [-0.39, 0.29) is 11.9 Å². The van der Waals surface area contributed by atoms with Gasteiger partial charge in [0.1, 0.15) is 17.5 Å². The zero-order valence-corrected chi connectivity index (χ0v) is 16.7. The molecule has 2 atom stereocenters. The highest BCUT2D eigenvalue weighted by Crippen LogP contribution is 2.31. The molecule has 2 aromatic carbocycles. The van der Waals surface area contributed by atoms with E-state index in [4.69, 9.17) is 21.1 Å². The molecule has 1 amide bonds. The number of amides is 1. The number of benzene rings is 2. The number of halogens is 1. The Balaban J connectivity index is 1.74. The maximum absolute atomic E-state index is 12.6. The Hall–Kier alpha value is -2.24. The summed E-state index contributed by atoms with van der Waals surface area (Å²) in [6, 6.07) is 11.6. The second kappa shape index (κ2) is 8.63. The number of quaternary nitrogens is 1. The summed E-state index contributed by atoms with van der Waals surface area (Å²) >= 11 is 5.99. The number of methoxy groups -OCH3 is 2. The average molecular weight is 390 g/mol. The zero-order chi connectivity index (χ0) is 19.4. The molecular weight excluding hydrogens is 364 g/mol. The predicted octanol–water partition coefficient (Wildman–Crippen LogP) is 3.02. The smallest absolute Gasteiger partial charge is 0.279 e. The van der Waals surface area contributed by atoms with Crippen molar-refractivity contribution in [2.24, 2.45) is 0 Å². The van der Waals surface area contributed by atoms with Gasteiger partial charge in [-0.2, -0.15) is 0 Å². The van der Waals surface area contributed by atoms with Gasteiger partial charge in [0.2, 0.25) is 0 Å². The van der Waals surface area contributed by atoms with Gasteiger partial charge < -0.3 is 19.7 Å². The number of likely N-dealkylation sites (tertiary alicyclic amines) is 1. The molecule has 0 spiro atoms. The third-order valence-corrected chi connectivity index (χ3v) is 5.38. The van der Waals surface area contributed by atoms with Gasteiger partial charge in [-0.05, 0) is 48.9 Å². The summed E-state index contributed by atoms with van der Waals surface area (Å²) in [7, 11) is 3.34. The minimum atomic E-state index is 0.00388. The lowest BCUT2D eigenvalue weighted by molar-refractivity contribution is -0.910. The Bertz CT molecular complexity index is 825. The van der Waals surface area contributed by atoms with Crippen LogP contribution in [0.25, 0.3) is 0 Å². The second-order valence-corrected chi connectivity index (χ2v) is 7.33. The number of rotatable bonds is 6. The highest BCUT2D eigenvalue weighted by molar-refractivity contribution is 6.30. The molecule has 2 N–H and O–H groups in total. The van der Waals surface area contributed by atoms with Crippen LogP contribution in [0.15, 0.2) is 36.4 Å². The topological polar surface area (TPSA) is 52.0 Å². The molecule has 27 heavy (non-hydrogen) atoms. The van der Waals surface area contributed by atoms with E-state index in [1.54, 1.807) is 20.3 Å². The third-order valence-electron chi connectivity index (χ3n) is 5.15. The van der Waals surface area contributed by atoms with Crippen LogP contribution in [0.4, 0.5) is 5.69 Å². The lowest BCUT2D eigenvalue weighted by Gasteiger charge is -2.23. The third kappa shape index (κ3) is 4.54. The van der Waals surface area contributed by atoms with E-state index < -0.39 is 0 Å². The van der Waals surface area contributed by atoms with Gasteiger partial charge in [0.15, 0.2) is 6.54 Å². The molecule has 1 unspecified atom stereocenters. The molecule has 1 fully saturated rings. The largest absolute Gasteiger partial charge is 0.497 e. The molecule has 1 heterocycles. The van der Waals surface area contributed by atoms with E-state index in [2.05, 4.69) is 5.32 Å². The number of hydrogen-bond donors (Lipinski definition) is 2. The summed E-state index contributed by atoms with van der Waals surface area (Å²) in [6.45, 7) is 3.30. The Morgan fingerprint density at radius 2 is 2.04 bits per heavy atom. The summed E-state index contributed by atoms with van der Waals surface area (Å²) in [5, 5.41) is 3.68. The van der Waals surface area contributed by atoms with Crippen LogP contribution in [0.5, 0.6) is 11.5 Å². The van der Waals surface area contributed by atoms with Crippen molar-refractivity contribution in [3.63, 3.8) is 0 Å². The molecule has 0 aliphatic carbocycles. The van der Waals surface area contributed by atoms with Crippen LogP contribution >= 0.6 is 11.6 Å². The molecule has 1 aliphatic heterocycles. The number of hydrogen-bond acceptors (Lipinski definition) is 3. The average Bonchev–Trinajstić information content (AvgIpc) is 3.11. The maximum Gasteiger partial charge on any atom is 0.279 e. The van der Waals surface area contributed by atoms with Crippen molar-refractivity contribution in [1.29, 1.82) is 0 Å². The summed E-state index contributed by atoms with van der Waals surface area (Å²) in [6.07, 6.45) is 2.10. The van der Waals surface area contributed by atoms with Crippen LogP contribution in [0.1, 0.15) is 30.0 Å². The van der Waals surface area contributed by atoms with Crippen LogP contribution in [-0.4, -0.2) is 33.2 Å². The number of ether oxygens (including phenoxy) is 2. The quantitative estimate of drug-likeness (QED) is 0.798. The standard InChI is InChI=1S/C21H25ClN2O3/c1-14-11-15(22)6-8-18(14)23-21(25)13-24-10-4-5-19(24)17-12-16(26-2)7-9-20(17)27-3/h6-9,11-12,19H,4-5,10,13H2,1-3H3,(H,23,25)/p+1/t19-/m0/s1. The van der Waals surface area contributed by atoms with Crippen molar-refractivity contribution >= 4 is 23.2 Å². The SMILES string of the molecule is COc1ccc(OC)c([C@@H]2CCC[NH+]2CC(=O)Nc2ccc(Cl)cc2C)c1. The molecule has 2 aromatic rings. The lowest BCUT2D eigenvalue weighted by atomic mass is 10.0. The van der Waals surface area contributed by atoms with Crippen molar-refractivity contribution in [3.8, 4) is 11.5 Å². The molecule has 0 radical (unpaired) electrons. The highest BCUT2D eigenvalue weighted by atomic mass is 35.5.